The van der Waals surface area contributed by atoms with Crippen LogP contribution in [0.4, 0.5) is 10.1 Å². The number of nitriles is 1. The molecule has 2 heterocycles. The van der Waals surface area contributed by atoms with Gasteiger partial charge in [-0.3, -0.25) is 4.79 Å². The zero-order valence-corrected chi connectivity index (χ0v) is 14.2. The van der Waals surface area contributed by atoms with Gasteiger partial charge >= 0.3 is 5.97 Å². The van der Waals surface area contributed by atoms with E-state index in [1.54, 1.807) is 28.8 Å². The van der Waals surface area contributed by atoms with Crippen LogP contribution >= 0.6 is 0 Å². The third-order valence-corrected chi connectivity index (χ3v) is 3.79. The molecule has 0 aliphatic heterocycles. The van der Waals surface area contributed by atoms with Gasteiger partial charge in [-0.15, -0.1) is 0 Å². The number of fused-ring (bicyclic) bond motifs is 1. The Morgan fingerprint density at radius 1 is 1.22 bits per heavy atom. The second-order valence-electron chi connectivity index (χ2n) is 5.60. The standard InChI is InChI=1S/C19H15FN4O3/c20-14-5-7-15(8-6-14)24(11-3-9-21)18(25)13-27-19(26)16-12-23-10-2-1-4-17(23)22-16/h1-2,4-8,10,12H,3,11,13H2. The SMILES string of the molecule is N#CCCN(C(=O)COC(=O)c1cn2ccccc2n1)c1ccc(F)cc1. The Labute approximate surface area is 154 Å². The fourth-order valence-electron chi connectivity index (χ4n) is 2.49. The van der Waals surface area contributed by atoms with E-state index in [0.717, 1.165) is 0 Å². The molecule has 0 N–H and O–H groups in total. The lowest BCUT2D eigenvalue weighted by atomic mass is 10.2. The molecule has 0 fully saturated rings. The molecular weight excluding hydrogens is 351 g/mol. The molecule has 0 spiro atoms. The minimum Gasteiger partial charge on any atom is -0.451 e. The van der Waals surface area contributed by atoms with Gasteiger partial charge in [0.1, 0.15) is 11.5 Å². The molecule has 1 amide bonds. The van der Waals surface area contributed by atoms with E-state index in [1.165, 1.54) is 35.4 Å². The molecule has 0 saturated heterocycles. The molecule has 0 bridgehead atoms. The number of hydrogen-bond donors (Lipinski definition) is 0. The molecule has 0 radical (unpaired) electrons. The molecule has 0 unspecified atom stereocenters. The monoisotopic (exact) mass is 366 g/mol. The highest BCUT2D eigenvalue weighted by Crippen LogP contribution is 2.16. The van der Waals surface area contributed by atoms with Gasteiger partial charge in [0.05, 0.1) is 12.5 Å². The van der Waals surface area contributed by atoms with Gasteiger partial charge in [0, 0.05) is 24.6 Å². The molecule has 3 rings (SSSR count). The first-order chi connectivity index (χ1) is 13.1. The van der Waals surface area contributed by atoms with E-state index in [0.29, 0.717) is 11.3 Å². The molecule has 0 aliphatic carbocycles. The van der Waals surface area contributed by atoms with Crippen LogP contribution in [0.3, 0.4) is 0 Å². The number of imidazole rings is 1. The summed E-state index contributed by atoms with van der Waals surface area (Å²) >= 11 is 0. The molecule has 136 valence electrons. The highest BCUT2D eigenvalue weighted by molar-refractivity contribution is 5.96. The summed E-state index contributed by atoms with van der Waals surface area (Å²) in [6, 6.07) is 12.5. The maximum Gasteiger partial charge on any atom is 0.359 e. The first kappa shape index (κ1) is 18.1. The number of pyridine rings is 1. The second-order valence-corrected chi connectivity index (χ2v) is 5.60. The summed E-state index contributed by atoms with van der Waals surface area (Å²) in [7, 11) is 0. The number of halogens is 1. The van der Waals surface area contributed by atoms with Gasteiger partial charge in [0.25, 0.3) is 5.91 Å². The minimum absolute atomic E-state index is 0.0827. The van der Waals surface area contributed by atoms with Gasteiger partial charge in [0.2, 0.25) is 0 Å². The van der Waals surface area contributed by atoms with Crippen LogP contribution in [0.1, 0.15) is 16.9 Å². The van der Waals surface area contributed by atoms with Crippen molar-refractivity contribution in [3.8, 4) is 6.07 Å². The lowest BCUT2D eigenvalue weighted by Gasteiger charge is -2.21. The fraction of sp³-hybridized carbons (Fsp3) is 0.158. The van der Waals surface area contributed by atoms with E-state index in [1.807, 2.05) is 6.07 Å². The van der Waals surface area contributed by atoms with Gasteiger partial charge in [-0.1, -0.05) is 6.07 Å². The Balaban J connectivity index is 1.68. The third kappa shape index (κ3) is 4.27. The maximum absolute atomic E-state index is 13.1. The molecular formula is C19H15FN4O3. The molecule has 3 aromatic rings. The summed E-state index contributed by atoms with van der Waals surface area (Å²) < 4.78 is 19.8. The summed E-state index contributed by atoms with van der Waals surface area (Å²) in [5.74, 6) is -1.69. The number of benzene rings is 1. The molecule has 0 aliphatic rings. The topological polar surface area (TPSA) is 87.7 Å². The first-order valence-corrected chi connectivity index (χ1v) is 8.12. The normalized spacial score (nSPS) is 10.4. The highest BCUT2D eigenvalue weighted by atomic mass is 19.1. The van der Waals surface area contributed by atoms with Crippen molar-refractivity contribution < 1.29 is 18.7 Å². The number of anilines is 1. The van der Waals surface area contributed by atoms with Crippen molar-refractivity contribution in [1.82, 2.24) is 9.38 Å². The molecule has 8 heteroatoms. The van der Waals surface area contributed by atoms with Crippen molar-refractivity contribution in [3.05, 3.63) is 66.4 Å². The van der Waals surface area contributed by atoms with Crippen molar-refractivity contribution in [2.75, 3.05) is 18.1 Å². The quantitative estimate of drug-likeness (QED) is 0.626. The van der Waals surface area contributed by atoms with Crippen molar-refractivity contribution in [2.24, 2.45) is 0 Å². The Kier molecular flexibility index (Phi) is 5.42. The van der Waals surface area contributed by atoms with E-state index in [2.05, 4.69) is 4.98 Å². The summed E-state index contributed by atoms with van der Waals surface area (Å²) in [6.07, 6.45) is 3.33. The summed E-state index contributed by atoms with van der Waals surface area (Å²) in [5, 5.41) is 8.78. The van der Waals surface area contributed by atoms with Gasteiger partial charge in [-0.05, 0) is 36.4 Å². The Bertz CT molecular complexity index is 975. The Morgan fingerprint density at radius 2 is 2.00 bits per heavy atom. The lowest BCUT2D eigenvalue weighted by Crippen LogP contribution is -2.35. The van der Waals surface area contributed by atoms with Gasteiger partial charge in [0.15, 0.2) is 12.3 Å². The van der Waals surface area contributed by atoms with Crippen LogP contribution in [-0.4, -0.2) is 34.4 Å². The van der Waals surface area contributed by atoms with E-state index >= 15 is 0 Å². The van der Waals surface area contributed by atoms with E-state index in [4.69, 9.17) is 10.00 Å². The number of esters is 1. The predicted octanol–water partition coefficient (Wildman–Crippen LogP) is 2.58. The van der Waals surface area contributed by atoms with Crippen LogP contribution in [0.2, 0.25) is 0 Å². The van der Waals surface area contributed by atoms with Crippen LogP contribution < -0.4 is 4.90 Å². The molecule has 1 aromatic carbocycles. The summed E-state index contributed by atoms with van der Waals surface area (Å²) in [5.41, 5.74) is 1.08. The number of hydrogen-bond acceptors (Lipinski definition) is 5. The van der Waals surface area contributed by atoms with Crippen LogP contribution in [0.25, 0.3) is 5.65 Å². The maximum atomic E-state index is 13.1. The summed E-state index contributed by atoms with van der Waals surface area (Å²) in [4.78, 5) is 30.0. The zero-order chi connectivity index (χ0) is 19.2. The van der Waals surface area contributed by atoms with Crippen LogP contribution in [0.15, 0.2) is 54.9 Å². The number of carbonyl (C=O) groups excluding carboxylic acids is 2. The van der Waals surface area contributed by atoms with Crippen molar-refractivity contribution >= 4 is 23.2 Å². The third-order valence-electron chi connectivity index (χ3n) is 3.79. The van der Waals surface area contributed by atoms with Gasteiger partial charge < -0.3 is 14.0 Å². The molecule has 2 aromatic heterocycles. The fourth-order valence-corrected chi connectivity index (χ4v) is 2.49. The van der Waals surface area contributed by atoms with Crippen molar-refractivity contribution in [2.45, 2.75) is 6.42 Å². The molecule has 7 nitrogen and oxygen atoms in total. The number of ether oxygens (including phenoxy) is 1. The number of aromatic nitrogens is 2. The second kappa shape index (κ2) is 8.10. The first-order valence-electron chi connectivity index (χ1n) is 8.12. The van der Waals surface area contributed by atoms with Gasteiger partial charge in [-0.2, -0.15) is 5.26 Å². The Hall–Kier alpha value is -3.73. The number of rotatable bonds is 6. The van der Waals surface area contributed by atoms with Crippen molar-refractivity contribution in [1.29, 1.82) is 5.26 Å². The average Bonchev–Trinajstić information content (AvgIpc) is 3.12. The van der Waals surface area contributed by atoms with Crippen LogP contribution in [0, 0.1) is 17.1 Å². The average molecular weight is 366 g/mol. The summed E-state index contributed by atoms with van der Waals surface area (Å²) in [6.45, 7) is -0.414. The van der Waals surface area contributed by atoms with Crippen LogP contribution in [-0.2, 0) is 9.53 Å². The van der Waals surface area contributed by atoms with E-state index < -0.39 is 24.3 Å². The van der Waals surface area contributed by atoms with E-state index in [-0.39, 0.29) is 18.7 Å². The van der Waals surface area contributed by atoms with E-state index in [9.17, 15) is 14.0 Å². The van der Waals surface area contributed by atoms with Crippen molar-refractivity contribution in [3.63, 3.8) is 0 Å². The largest absolute Gasteiger partial charge is 0.451 e. The number of carbonyl (C=O) groups is 2. The highest BCUT2D eigenvalue weighted by Gasteiger charge is 2.19. The Morgan fingerprint density at radius 3 is 2.70 bits per heavy atom. The molecule has 27 heavy (non-hydrogen) atoms. The van der Waals surface area contributed by atoms with Gasteiger partial charge in [-0.25, -0.2) is 14.2 Å². The van der Waals surface area contributed by atoms with Crippen LogP contribution in [0.5, 0.6) is 0 Å². The number of amides is 1. The predicted molar refractivity (Wildman–Crippen MR) is 94.5 cm³/mol. The zero-order valence-electron chi connectivity index (χ0n) is 14.2. The minimum atomic E-state index is -0.730. The molecule has 0 saturated carbocycles. The number of nitrogens with zero attached hydrogens (tertiary/aromatic N) is 4. The molecule has 0 atom stereocenters. The lowest BCUT2D eigenvalue weighted by molar-refractivity contribution is -0.121. The smallest absolute Gasteiger partial charge is 0.359 e.